The third-order valence-corrected chi connectivity index (χ3v) is 2.41. The summed E-state index contributed by atoms with van der Waals surface area (Å²) in [6, 6.07) is 11.6. The highest BCUT2D eigenvalue weighted by atomic mass is 16.3. The molecule has 1 N–H and O–H groups in total. The first-order valence-electron chi connectivity index (χ1n) is 4.36. The van der Waals surface area contributed by atoms with E-state index in [1.54, 1.807) is 0 Å². The van der Waals surface area contributed by atoms with Crippen LogP contribution in [0.15, 0.2) is 30.3 Å². The molecule has 0 spiro atoms. The van der Waals surface area contributed by atoms with E-state index in [9.17, 15) is 5.11 Å². The van der Waals surface area contributed by atoms with Crippen molar-refractivity contribution in [2.45, 2.75) is 18.8 Å². The van der Waals surface area contributed by atoms with Crippen LogP contribution in [0.3, 0.4) is 0 Å². The Morgan fingerprint density at radius 1 is 1.38 bits per heavy atom. The first-order valence-corrected chi connectivity index (χ1v) is 4.36. The first-order chi connectivity index (χ1) is 6.29. The fourth-order valence-electron chi connectivity index (χ4n) is 1.34. The smallest absolute Gasteiger partial charge is 0.105 e. The van der Waals surface area contributed by atoms with Gasteiger partial charge in [0.15, 0.2) is 0 Å². The maximum atomic E-state index is 9.21. The van der Waals surface area contributed by atoms with Gasteiger partial charge in [0, 0.05) is 0 Å². The lowest BCUT2D eigenvalue weighted by molar-refractivity contribution is 0.225. The Hall–Kier alpha value is -1.33. The molecule has 0 saturated heterocycles. The second-order valence-electron chi connectivity index (χ2n) is 3.07. The lowest BCUT2D eigenvalue weighted by atomic mass is 9.80. The molecule has 0 aliphatic rings. The molecule has 1 atom stereocenters. The fourth-order valence-corrected chi connectivity index (χ4v) is 1.34. The predicted octanol–water partition coefficient (Wildman–Crippen LogP) is 1.85. The highest BCUT2D eigenvalue weighted by Crippen LogP contribution is 2.26. The maximum Gasteiger partial charge on any atom is 0.105 e. The number of rotatable bonds is 3. The largest absolute Gasteiger partial charge is 0.394 e. The van der Waals surface area contributed by atoms with Gasteiger partial charge in [0.25, 0.3) is 0 Å². The Morgan fingerprint density at radius 2 is 2.00 bits per heavy atom. The molecule has 0 aliphatic heterocycles. The van der Waals surface area contributed by atoms with Crippen LogP contribution in [0.25, 0.3) is 0 Å². The molecule has 2 heteroatoms. The normalized spacial score (nSPS) is 14.5. The number of hydrogen-bond acceptors (Lipinski definition) is 2. The monoisotopic (exact) mass is 175 g/mol. The standard InChI is InChI=1S/C11H13NO/c1-2-11(8-12,9-13)10-6-4-3-5-7-10/h3-7,13H,2,9H2,1H3. The van der Waals surface area contributed by atoms with Crippen molar-refractivity contribution >= 4 is 0 Å². The molecule has 0 fully saturated rings. The Labute approximate surface area is 78.4 Å². The summed E-state index contributed by atoms with van der Waals surface area (Å²) in [4.78, 5) is 0. The van der Waals surface area contributed by atoms with Crippen molar-refractivity contribution in [3.63, 3.8) is 0 Å². The highest BCUT2D eigenvalue weighted by Gasteiger charge is 2.28. The minimum Gasteiger partial charge on any atom is -0.394 e. The predicted molar refractivity (Wildman–Crippen MR) is 51.1 cm³/mol. The van der Waals surface area contributed by atoms with Crippen LogP contribution in [0.2, 0.25) is 0 Å². The highest BCUT2D eigenvalue weighted by molar-refractivity contribution is 5.32. The molecule has 13 heavy (non-hydrogen) atoms. The second kappa shape index (κ2) is 4.06. The molecule has 0 aromatic heterocycles. The van der Waals surface area contributed by atoms with Crippen molar-refractivity contribution in [2.75, 3.05) is 6.61 Å². The Kier molecular flexibility index (Phi) is 3.05. The van der Waals surface area contributed by atoms with Crippen LogP contribution < -0.4 is 0 Å². The van der Waals surface area contributed by atoms with E-state index in [4.69, 9.17) is 5.26 Å². The minimum atomic E-state index is -0.721. The van der Waals surface area contributed by atoms with Gasteiger partial charge in [0.2, 0.25) is 0 Å². The summed E-state index contributed by atoms with van der Waals surface area (Å²) in [5.74, 6) is 0. The van der Waals surface area contributed by atoms with Crippen LogP contribution in [0.1, 0.15) is 18.9 Å². The molecule has 2 nitrogen and oxygen atoms in total. The molecule has 1 unspecified atom stereocenters. The lowest BCUT2D eigenvalue weighted by Crippen LogP contribution is -2.27. The molecule has 68 valence electrons. The fraction of sp³-hybridized carbons (Fsp3) is 0.364. The van der Waals surface area contributed by atoms with E-state index in [0.29, 0.717) is 6.42 Å². The van der Waals surface area contributed by atoms with Gasteiger partial charge in [-0.1, -0.05) is 37.3 Å². The Morgan fingerprint density at radius 3 is 2.38 bits per heavy atom. The zero-order chi connectivity index (χ0) is 9.73. The van der Waals surface area contributed by atoms with Crippen LogP contribution in [0.4, 0.5) is 0 Å². The van der Waals surface area contributed by atoms with Crippen LogP contribution in [0.5, 0.6) is 0 Å². The average molecular weight is 175 g/mol. The van der Waals surface area contributed by atoms with Gasteiger partial charge < -0.3 is 5.11 Å². The van der Waals surface area contributed by atoms with Crippen LogP contribution >= 0.6 is 0 Å². The Bertz CT molecular complexity index is 296. The summed E-state index contributed by atoms with van der Waals surface area (Å²) in [7, 11) is 0. The molecule has 0 saturated carbocycles. The van der Waals surface area contributed by atoms with Gasteiger partial charge in [-0.25, -0.2) is 0 Å². The van der Waals surface area contributed by atoms with Crippen molar-refractivity contribution in [3.8, 4) is 6.07 Å². The summed E-state index contributed by atoms with van der Waals surface area (Å²) < 4.78 is 0. The van der Waals surface area contributed by atoms with Gasteiger partial charge in [-0.3, -0.25) is 0 Å². The van der Waals surface area contributed by atoms with E-state index in [0.717, 1.165) is 5.56 Å². The number of nitrogens with zero attached hydrogens (tertiary/aromatic N) is 1. The molecule has 1 rings (SSSR count). The maximum absolute atomic E-state index is 9.21. The second-order valence-corrected chi connectivity index (χ2v) is 3.07. The van der Waals surface area contributed by atoms with E-state index in [-0.39, 0.29) is 6.61 Å². The summed E-state index contributed by atoms with van der Waals surface area (Å²) in [6.45, 7) is 1.79. The molecule has 0 bridgehead atoms. The number of nitriles is 1. The van der Waals surface area contributed by atoms with Gasteiger partial charge in [0.05, 0.1) is 12.7 Å². The van der Waals surface area contributed by atoms with Gasteiger partial charge in [-0.05, 0) is 12.0 Å². The molecular formula is C11H13NO. The van der Waals surface area contributed by atoms with Crippen molar-refractivity contribution < 1.29 is 5.11 Å². The number of benzene rings is 1. The third-order valence-electron chi connectivity index (χ3n) is 2.41. The minimum absolute atomic E-state index is 0.121. The lowest BCUT2D eigenvalue weighted by Gasteiger charge is -2.22. The number of aliphatic hydroxyl groups is 1. The summed E-state index contributed by atoms with van der Waals surface area (Å²) in [5, 5.41) is 18.2. The summed E-state index contributed by atoms with van der Waals surface area (Å²) in [6.07, 6.45) is 0.629. The summed E-state index contributed by atoms with van der Waals surface area (Å²) in [5.41, 5.74) is 0.170. The van der Waals surface area contributed by atoms with E-state index < -0.39 is 5.41 Å². The van der Waals surface area contributed by atoms with Crippen LogP contribution in [-0.2, 0) is 5.41 Å². The van der Waals surface area contributed by atoms with E-state index in [1.165, 1.54) is 0 Å². The molecule has 1 aromatic rings. The Balaban J connectivity index is 3.10. The van der Waals surface area contributed by atoms with Crippen LogP contribution in [0, 0.1) is 11.3 Å². The van der Waals surface area contributed by atoms with Crippen molar-refractivity contribution in [1.82, 2.24) is 0 Å². The van der Waals surface area contributed by atoms with Gasteiger partial charge >= 0.3 is 0 Å². The average Bonchev–Trinajstić information content (AvgIpc) is 2.23. The molecular weight excluding hydrogens is 162 g/mol. The third kappa shape index (κ3) is 1.71. The van der Waals surface area contributed by atoms with Crippen molar-refractivity contribution in [1.29, 1.82) is 5.26 Å². The van der Waals surface area contributed by atoms with Gasteiger partial charge in [-0.15, -0.1) is 0 Å². The first kappa shape index (κ1) is 9.76. The van der Waals surface area contributed by atoms with Gasteiger partial charge in [0.1, 0.15) is 5.41 Å². The SMILES string of the molecule is CCC(C#N)(CO)c1ccccc1. The van der Waals surface area contributed by atoms with E-state index >= 15 is 0 Å². The van der Waals surface area contributed by atoms with Gasteiger partial charge in [-0.2, -0.15) is 5.26 Å². The topological polar surface area (TPSA) is 44.0 Å². The zero-order valence-corrected chi connectivity index (χ0v) is 7.70. The van der Waals surface area contributed by atoms with Crippen LogP contribution in [-0.4, -0.2) is 11.7 Å². The molecule has 1 aromatic carbocycles. The zero-order valence-electron chi connectivity index (χ0n) is 7.70. The molecule has 0 radical (unpaired) electrons. The summed E-state index contributed by atoms with van der Waals surface area (Å²) >= 11 is 0. The molecule has 0 aliphatic carbocycles. The van der Waals surface area contributed by atoms with Crippen molar-refractivity contribution in [2.24, 2.45) is 0 Å². The molecule has 0 amide bonds. The number of hydrogen-bond donors (Lipinski definition) is 1. The quantitative estimate of drug-likeness (QED) is 0.761. The molecule has 0 heterocycles. The van der Waals surface area contributed by atoms with E-state index in [2.05, 4.69) is 6.07 Å². The van der Waals surface area contributed by atoms with E-state index in [1.807, 2.05) is 37.3 Å². The number of aliphatic hydroxyl groups excluding tert-OH is 1. The van der Waals surface area contributed by atoms with Crippen molar-refractivity contribution in [3.05, 3.63) is 35.9 Å².